The summed E-state index contributed by atoms with van der Waals surface area (Å²) in [5, 5.41) is 1.56. The highest BCUT2D eigenvalue weighted by molar-refractivity contribution is 7.86. The molecule has 10 nitrogen and oxygen atoms in total. The van der Waals surface area contributed by atoms with Crippen molar-refractivity contribution < 1.29 is 45.6 Å². The lowest BCUT2D eigenvalue weighted by Gasteiger charge is -2.45. The van der Waals surface area contributed by atoms with E-state index in [1.807, 2.05) is 73.7 Å². The van der Waals surface area contributed by atoms with E-state index < -0.39 is 59.5 Å². The fourth-order valence-corrected chi connectivity index (χ4v) is 12.4. The van der Waals surface area contributed by atoms with Gasteiger partial charge in [-0.25, -0.2) is 0 Å². The molecular formula is C41H48O10SSi. The fourth-order valence-electron chi connectivity index (χ4n) is 6.86. The summed E-state index contributed by atoms with van der Waals surface area (Å²) in [6.45, 7) is 10.3. The third kappa shape index (κ3) is 9.32. The van der Waals surface area contributed by atoms with Crippen molar-refractivity contribution in [3.8, 4) is 0 Å². The molecule has 282 valence electrons. The van der Waals surface area contributed by atoms with Gasteiger partial charge in [0.1, 0.15) is 11.7 Å². The first-order chi connectivity index (χ1) is 25.2. The minimum absolute atomic E-state index is 0.000471. The van der Waals surface area contributed by atoms with Crippen LogP contribution in [0.5, 0.6) is 0 Å². The molecule has 1 aliphatic rings. The summed E-state index contributed by atoms with van der Waals surface area (Å²) in [5.41, 5.74) is 0.171. The van der Waals surface area contributed by atoms with E-state index in [4.69, 9.17) is 27.6 Å². The zero-order valence-electron chi connectivity index (χ0n) is 31.0. The summed E-state index contributed by atoms with van der Waals surface area (Å²) in [7, 11) is -7.42. The molecule has 1 heterocycles. The highest BCUT2D eigenvalue weighted by atomic mass is 32.2. The van der Waals surface area contributed by atoms with Gasteiger partial charge < -0.3 is 23.4 Å². The molecule has 53 heavy (non-hydrogen) atoms. The van der Waals surface area contributed by atoms with E-state index in [9.17, 15) is 18.0 Å². The molecule has 0 N–H and O–H groups in total. The van der Waals surface area contributed by atoms with Crippen LogP contribution in [0.4, 0.5) is 0 Å². The van der Waals surface area contributed by atoms with Crippen molar-refractivity contribution in [2.24, 2.45) is 0 Å². The van der Waals surface area contributed by atoms with Gasteiger partial charge in [-0.1, -0.05) is 129 Å². The SMILES string of the molecule is CC(=O)O[C@H]1O[C@](CCOS(=O)(=O)c2ccc(C)cc2)(CO[Si](c2ccccc2)(c2ccccc2)C(C)(C)C)[C@@H](OCc2ccccc2)[C@H]1OC(C)=O. The third-order valence-electron chi connectivity index (χ3n) is 9.32. The largest absolute Gasteiger partial charge is 0.453 e. The second kappa shape index (κ2) is 16.9. The minimum Gasteiger partial charge on any atom is -0.453 e. The monoisotopic (exact) mass is 760 g/mol. The summed E-state index contributed by atoms with van der Waals surface area (Å²) in [5.74, 6) is -1.32. The lowest BCUT2D eigenvalue weighted by molar-refractivity contribution is -0.209. The third-order valence-corrected chi connectivity index (χ3v) is 15.6. The Bertz CT molecular complexity index is 1880. The molecule has 4 aromatic rings. The molecule has 0 amide bonds. The second-order valence-electron chi connectivity index (χ2n) is 14.2. The van der Waals surface area contributed by atoms with Crippen molar-refractivity contribution in [2.45, 2.75) is 88.6 Å². The van der Waals surface area contributed by atoms with Gasteiger partial charge >= 0.3 is 11.9 Å². The van der Waals surface area contributed by atoms with Gasteiger partial charge in [-0.15, -0.1) is 0 Å². The van der Waals surface area contributed by atoms with Crippen LogP contribution in [0.15, 0.2) is 120 Å². The molecule has 1 aliphatic heterocycles. The first-order valence-electron chi connectivity index (χ1n) is 17.6. The number of rotatable bonds is 15. The molecule has 0 aliphatic carbocycles. The number of ether oxygens (including phenoxy) is 4. The number of hydrogen-bond acceptors (Lipinski definition) is 10. The van der Waals surface area contributed by atoms with E-state index in [-0.39, 0.29) is 31.1 Å². The van der Waals surface area contributed by atoms with Gasteiger partial charge in [0.25, 0.3) is 18.4 Å². The summed E-state index contributed by atoms with van der Waals surface area (Å²) < 4.78 is 64.5. The molecule has 0 radical (unpaired) electrons. The summed E-state index contributed by atoms with van der Waals surface area (Å²) in [4.78, 5) is 25.1. The van der Waals surface area contributed by atoms with E-state index >= 15 is 0 Å². The van der Waals surface area contributed by atoms with Gasteiger partial charge in [-0.05, 0) is 40.0 Å². The number of carbonyl (C=O) groups is 2. The minimum atomic E-state index is -4.19. The van der Waals surface area contributed by atoms with Crippen LogP contribution in [0.1, 0.15) is 52.2 Å². The Kier molecular flexibility index (Phi) is 12.7. The highest BCUT2D eigenvalue weighted by Gasteiger charge is 2.61. The predicted molar refractivity (Wildman–Crippen MR) is 202 cm³/mol. The molecule has 1 saturated heterocycles. The van der Waals surface area contributed by atoms with Crippen molar-refractivity contribution in [1.82, 2.24) is 0 Å². The zero-order chi connectivity index (χ0) is 38.3. The molecule has 0 aromatic heterocycles. The number of hydrogen-bond donors (Lipinski definition) is 0. The van der Waals surface area contributed by atoms with Crippen molar-refractivity contribution in [2.75, 3.05) is 13.2 Å². The van der Waals surface area contributed by atoms with Crippen LogP contribution in [-0.2, 0) is 53.9 Å². The standard InChI is InChI=1S/C41H48O10SSi/c1-30-22-24-34(25-23-30)52(44,45)47-27-26-41(29-48-53(40(4,5)6,35-18-12-8-13-19-35)36-20-14-9-15-21-36)38(46-28-33-16-10-7-11-17-33)37(49-31(2)42)39(51-41)50-32(3)43/h7-25,37-39H,26-29H2,1-6H3/t37-,38+,39+,41-/m1/s1. The van der Waals surface area contributed by atoms with E-state index in [2.05, 4.69) is 45.0 Å². The number of carbonyl (C=O) groups excluding carboxylic acids is 2. The Hall–Kier alpha value is -4.17. The van der Waals surface area contributed by atoms with Crippen LogP contribution in [0.2, 0.25) is 5.04 Å². The first-order valence-corrected chi connectivity index (χ1v) is 20.9. The molecule has 12 heteroatoms. The first kappa shape index (κ1) is 40.0. The molecule has 0 bridgehead atoms. The van der Waals surface area contributed by atoms with Crippen molar-refractivity contribution >= 4 is 40.7 Å². The van der Waals surface area contributed by atoms with E-state index in [0.29, 0.717) is 0 Å². The lowest BCUT2D eigenvalue weighted by Crippen LogP contribution is -2.68. The Morgan fingerprint density at radius 3 is 1.81 bits per heavy atom. The number of aryl methyl sites for hydroxylation is 1. The van der Waals surface area contributed by atoms with E-state index in [1.54, 1.807) is 12.1 Å². The van der Waals surface area contributed by atoms with Crippen molar-refractivity contribution in [3.05, 3.63) is 126 Å². The van der Waals surface area contributed by atoms with Crippen LogP contribution in [-0.4, -0.2) is 66.0 Å². The van der Waals surface area contributed by atoms with Crippen LogP contribution in [0.3, 0.4) is 0 Å². The molecule has 4 atom stereocenters. The normalized spacial score (nSPS) is 20.5. The molecule has 0 saturated carbocycles. The Morgan fingerprint density at radius 1 is 0.774 bits per heavy atom. The molecule has 1 fully saturated rings. The lowest BCUT2D eigenvalue weighted by atomic mass is 9.92. The highest BCUT2D eigenvalue weighted by Crippen LogP contribution is 2.43. The maximum atomic E-state index is 13.4. The van der Waals surface area contributed by atoms with Crippen LogP contribution < -0.4 is 10.4 Å². The van der Waals surface area contributed by atoms with Gasteiger partial charge in [-0.3, -0.25) is 13.8 Å². The maximum Gasteiger partial charge on any atom is 0.305 e. The van der Waals surface area contributed by atoms with Crippen molar-refractivity contribution in [3.63, 3.8) is 0 Å². The second-order valence-corrected chi connectivity index (χ2v) is 20.2. The molecule has 4 aromatic carbocycles. The Morgan fingerprint density at radius 2 is 1.30 bits per heavy atom. The quantitative estimate of drug-likeness (QED) is 0.0830. The molecule has 0 spiro atoms. The van der Waals surface area contributed by atoms with Gasteiger partial charge in [0.15, 0.2) is 6.10 Å². The van der Waals surface area contributed by atoms with Crippen LogP contribution >= 0.6 is 0 Å². The maximum absolute atomic E-state index is 13.4. The summed E-state index contributed by atoms with van der Waals surface area (Å²) >= 11 is 0. The average molecular weight is 761 g/mol. The van der Waals surface area contributed by atoms with Crippen LogP contribution in [0.25, 0.3) is 0 Å². The van der Waals surface area contributed by atoms with E-state index in [0.717, 1.165) is 21.5 Å². The fraction of sp³-hybridized carbons (Fsp3) is 0.366. The topological polar surface area (TPSA) is 124 Å². The van der Waals surface area contributed by atoms with Gasteiger partial charge in [0.2, 0.25) is 6.29 Å². The average Bonchev–Trinajstić information content (AvgIpc) is 3.38. The van der Waals surface area contributed by atoms with E-state index in [1.165, 1.54) is 26.0 Å². The molecule has 5 rings (SSSR count). The number of esters is 2. The number of benzene rings is 4. The van der Waals surface area contributed by atoms with Gasteiger partial charge in [0, 0.05) is 20.3 Å². The molecule has 0 unspecified atom stereocenters. The van der Waals surface area contributed by atoms with Gasteiger partial charge in [-0.2, -0.15) is 8.42 Å². The van der Waals surface area contributed by atoms with Crippen LogP contribution in [0, 0.1) is 6.92 Å². The smallest absolute Gasteiger partial charge is 0.305 e. The zero-order valence-corrected chi connectivity index (χ0v) is 32.8. The predicted octanol–water partition coefficient (Wildman–Crippen LogP) is 5.84. The molecular weight excluding hydrogens is 713 g/mol. The van der Waals surface area contributed by atoms with Gasteiger partial charge in [0.05, 0.1) is 24.7 Å². The van der Waals surface area contributed by atoms with Crippen molar-refractivity contribution in [1.29, 1.82) is 0 Å². The summed E-state index contributed by atoms with van der Waals surface area (Å²) in [6, 6.07) is 35.7. The summed E-state index contributed by atoms with van der Waals surface area (Å²) in [6.07, 6.45) is -3.82. The Balaban J connectivity index is 1.63. The Labute approximate surface area is 313 Å².